The van der Waals surface area contributed by atoms with Gasteiger partial charge in [0.1, 0.15) is 23.3 Å². The average Bonchev–Trinajstić information content (AvgIpc) is 3.93. The van der Waals surface area contributed by atoms with E-state index in [4.69, 9.17) is 4.74 Å². The van der Waals surface area contributed by atoms with Gasteiger partial charge in [0, 0.05) is 83.1 Å². The Morgan fingerprint density at radius 2 is 1.09 bits per heavy atom. The van der Waals surface area contributed by atoms with E-state index in [-0.39, 0.29) is 29.7 Å². The molecule has 2 aromatic carbocycles. The third-order valence-corrected chi connectivity index (χ3v) is 11.4. The predicted molar refractivity (Wildman–Crippen MR) is 222 cm³/mol. The van der Waals surface area contributed by atoms with Crippen molar-refractivity contribution in [3.05, 3.63) is 121 Å². The largest absolute Gasteiger partial charge is 0.444 e. The van der Waals surface area contributed by atoms with Crippen LogP contribution in [0.15, 0.2) is 109 Å². The van der Waals surface area contributed by atoms with Crippen LogP contribution in [0.4, 0.5) is 16.4 Å². The van der Waals surface area contributed by atoms with Gasteiger partial charge in [-0.1, -0.05) is 72.8 Å². The highest BCUT2D eigenvalue weighted by Crippen LogP contribution is 2.36. The van der Waals surface area contributed by atoms with Gasteiger partial charge >= 0.3 is 6.09 Å². The normalized spacial score (nSPS) is 22.5. The predicted octanol–water partition coefficient (Wildman–Crippen LogP) is 5.40. The molecule has 12 nitrogen and oxygen atoms in total. The lowest BCUT2D eigenvalue weighted by Gasteiger charge is -2.39. The fourth-order valence-electron chi connectivity index (χ4n) is 8.47. The molecule has 300 valence electrons. The quantitative estimate of drug-likeness (QED) is 0.275. The van der Waals surface area contributed by atoms with Gasteiger partial charge in [0.2, 0.25) is 11.8 Å². The van der Waals surface area contributed by atoms with Crippen molar-refractivity contribution in [2.24, 2.45) is 0 Å². The van der Waals surface area contributed by atoms with Crippen LogP contribution in [-0.2, 0) is 14.3 Å². The minimum atomic E-state index is -0.607. The smallest absolute Gasteiger partial charge is 0.410 e. The summed E-state index contributed by atoms with van der Waals surface area (Å²) in [6.07, 6.45) is 4.96. The lowest BCUT2D eigenvalue weighted by Crippen LogP contribution is -2.56. The van der Waals surface area contributed by atoms with E-state index in [1.54, 1.807) is 11.1 Å². The summed E-state index contributed by atoms with van der Waals surface area (Å²) in [6.45, 7) is 12.8. The number of rotatable bonds is 6. The highest BCUT2D eigenvalue weighted by Gasteiger charge is 2.46. The zero-order chi connectivity index (χ0) is 39.8. The number of carbonyl (C=O) groups excluding carboxylic acids is 3. The van der Waals surface area contributed by atoms with Crippen LogP contribution in [0.2, 0.25) is 0 Å². The van der Waals surface area contributed by atoms with Crippen LogP contribution in [0.3, 0.4) is 0 Å². The van der Waals surface area contributed by atoms with Crippen LogP contribution in [0.5, 0.6) is 0 Å². The third kappa shape index (κ3) is 9.73. The summed E-state index contributed by atoms with van der Waals surface area (Å²) in [6, 6.07) is 31.6. The van der Waals surface area contributed by atoms with Gasteiger partial charge in [-0.2, -0.15) is 0 Å². The van der Waals surface area contributed by atoms with Crippen LogP contribution < -0.4 is 15.1 Å². The molecule has 4 fully saturated rings. The molecular weight excluding hydrogens is 717 g/mol. The molecule has 6 heterocycles. The summed E-state index contributed by atoms with van der Waals surface area (Å²) < 4.78 is 5.65. The van der Waals surface area contributed by atoms with Gasteiger partial charge in [-0.05, 0) is 75.5 Å². The van der Waals surface area contributed by atoms with Crippen molar-refractivity contribution in [2.75, 3.05) is 75.2 Å². The van der Waals surface area contributed by atoms with Gasteiger partial charge < -0.3 is 29.7 Å². The molecule has 0 unspecified atom stereocenters. The summed E-state index contributed by atoms with van der Waals surface area (Å²) in [5.41, 5.74) is 1.74. The number of hydrogen-bond donors (Lipinski definition) is 1. The third-order valence-electron chi connectivity index (χ3n) is 11.4. The van der Waals surface area contributed by atoms with E-state index in [0.717, 1.165) is 75.9 Å². The molecule has 0 spiro atoms. The number of ether oxygens (including phenoxy) is 1. The van der Waals surface area contributed by atoms with Crippen LogP contribution in [0.25, 0.3) is 0 Å². The number of carbonyl (C=O) groups is 3. The Labute approximate surface area is 336 Å². The van der Waals surface area contributed by atoms with Gasteiger partial charge in [0.25, 0.3) is 0 Å². The highest BCUT2D eigenvalue weighted by molar-refractivity contribution is 5.88. The maximum Gasteiger partial charge on any atom is 0.410 e. The first kappa shape index (κ1) is 39.7. The minimum Gasteiger partial charge on any atom is -0.444 e. The second-order valence-electron chi connectivity index (χ2n) is 16.2. The number of pyridine rings is 2. The number of nitrogens with one attached hydrogen (secondary N) is 1. The van der Waals surface area contributed by atoms with Gasteiger partial charge in [-0.3, -0.25) is 14.5 Å². The number of likely N-dealkylation sites (tertiary alicyclic amines) is 1. The Kier molecular flexibility index (Phi) is 12.7. The Hall–Kier alpha value is -5.49. The van der Waals surface area contributed by atoms with E-state index < -0.39 is 17.7 Å². The van der Waals surface area contributed by atoms with E-state index >= 15 is 0 Å². The molecular formula is C45H56N8O4. The molecule has 0 bridgehead atoms. The molecule has 57 heavy (non-hydrogen) atoms. The molecule has 1 N–H and O–H groups in total. The molecule has 4 saturated heterocycles. The molecule has 0 aliphatic carbocycles. The number of nitrogens with zero attached hydrogens (tertiary/aromatic N) is 7. The number of amides is 3. The number of aromatic nitrogens is 2. The van der Waals surface area contributed by atoms with E-state index in [2.05, 4.69) is 49.4 Å². The molecule has 4 aliphatic heterocycles. The molecule has 2 aromatic heterocycles. The van der Waals surface area contributed by atoms with Crippen LogP contribution in [0, 0.1) is 0 Å². The first-order valence-electron chi connectivity index (χ1n) is 20.4. The SMILES string of the molecule is CC(C)(C)OC(=O)N1CC[C@H](c2ccccc2)[C@H]1C(=O)N1CCN(c2ccccn2)CC1.O=C([C@H]1NCC[C@@H]1c1ccccc1)N1CCN(c2ccccn2)CC1. The summed E-state index contributed by atoms with van der Waals surface area (Å²) in [5.74, 6) is 2.41. The van der Waals surface area contributed by atoms with Crippen LogP contribution in [0.1, 0.15) is 56.6 Å². The first-order chi connectivity index (χ1) is 27.7. The van der Waals surface area contributed by atoms with Crippen molar-refractivity contribution in [2.45, 2.75) is 63.1 Å². The zero-order valence-corrected chi connectivity index (χ0v) is 33.5. The number of piperazine rings is 2. The molecule has 4 aromatic rings. The van der Waals surface area contributed by atoms with Crippen molar-refractivity contribution in [3.63, 3.8) is 0 Å². The Bertz CT molecular complexity index is 1900. The lowest BCUT2D eigenvalue weighted by molar-refractivity contribution is -0.136. The number of benzene rings is 2. The van der Waals surface area contributed by atoms with Crippen LogP contribution >= 0.6 is 0 Å². The lowest BCUT2D eigenvalue weighted by atomic mass is 9.91. The topological polar surface area (TPSA) is 114 Å². The fraction of sp³-hybridized carbons (Fsp3) is 0.444. The zero-order valence-electron chi connectivity index (χ0n) is 33.5. The summed E-state index contributed by atoms with van der Waals surface area (Å²) >= 11 is 0. The standard InChI is InChI=1S/C25H32N4O3.C20H24N4O/c1-25(2,3)32-24(31)29-14-12-20(19-9-5-4-6-10-19)22(29)23(30)28-17-15-27(16-18-28)21-11-7-8-13-26-21;25-20(19-17(9-11-22-19)16-6-2-1-3-7-16)24-14-12-23(13-15-24)18-8-4-5-10-21-18/h4-11,13,20,22H,12,14-18H2,1-3H3;1-8,10,17,19,22H,9,11-15H2/t20-,22+;17-,19+/m11/s1. The van der Waals surface area contributed by atoms with Gasteiger partial charge in [0.15, 0.2) is 0 Å². The number of anilines is 2. The van der Waals surface area contributed by atoms with Crippen LogP contribution in [-0.4, -0.2) is 126 Å². The molecule has 0 radical (unpaired) electrons. The monoisotopic (exact) mass is 772 g/mol. The van der Waals surface area contributed by atoms with Crippen molar-refractivity contribution < 1.29 is 19.1 Å². The molecule has 3 amide bonds. The fourth-order valence-corrected chi connectivity index (χ4v) is 8.47. The minimum absolute atomic E-state index is 0.00267. The number of hydrogen-bond acceptors (Lipinski definition) is 9. The van der Waals surface area contributed by atoms with E-state index in [1.807, 2.05) is 110 Å². The average molecular weight is 773 g/mol. The van der Waals surface area contributed by atoms with Crippen molar-refractivity contribution in [1.82, 2.24) is 30.0 Å². The van der Waals surface area contributed by atoms with E-state index in [9.17, 15) is 14.4 Å². The molecule has 0 saturated carbocycles. The maximum atomic E-state index is 13.8. The molecule has 4 aliphatic rings. The summed E-state index contributed by atoms with van der Waals surface area (Å²) in [5, 5.41) is 3.43. The van der Waals surface area contributed by atoms with Crippen molar-refractivity contribution in [1.29, 1.82) is 0 Å². The van der Waals surface area contributed by atoms with E-state index in [1.165, 1.54) is 5.56 Å². The first-order valence-corrected chi connectivity index (χ1v) is 20.4. The van der Waals surface area contributed by atoms with Gasteiger partial charge in [-0.25, -0.2) is 14.8 Å². The molecule has 12 heteroatoms. The van der Waals surface area contributed by atoms with Crippen molar-refractivity contribution in [3.8, 4) is 0 Å². The Morgan fingerprint density at radius 1 is 0.596 bits per heavy atom. The van der Waals surface area contributed by atoms with Gasteiger partial charge in [0.05, 0.1) is 6.04 Å². The van der Waals surface area contributed by atoms with E-state index in [0.29, 0.717) is 19.6 Å². The molecule has 4 atom stereocenters. The summed E-state index contributed by atoms with van der Waals surface area (Å²) in [7, 11) is 0. The maximum absolute atomic E-state index is 13.8. The Morgan fingerprint density at radius 3 is 1.58 bits per heavy atom. The summed E-state index contributed by atoms with van der Waals surface area (Å²) in [4.78, 5) is 58.6. The molecule has 8 rings (SSSR count). The van der Waals surface area contributed by atoms with Crippen molar-refractivity contribution >= 4 is 29.5 Å². The highest BCUT2D eigenvalue weighted by atomic mass is 16.6. The second kappa shape index (κ2) is 18.2. The van der Waals surface area contributed by atoms with Gasteiger partial charge in [-0.15, -0.1) is 0 Å². The second-order valence-corrected chi connectivity index (χ2v) is 16.2. The Balaban J connectivity index is 0.000000179.